The van der Waals surface area contributed by atoms with Gasteiger partial charge >= 0.3 is 5.63 Å². The molecule has 3 heterocycles. The molecule has 4 rings (SSSR count). The van der Waals surface area contributed by atoms with Gasteiger partial charge in [-0.05, 0) is 52.7 Å². The van der Waals surface area contributed by atoms with Crippen molar-refractivity contribution in [3.63, 3.8) is 0 Å². The Bertz CT molecular complexity index is 1220. The molecule has 0 bridgehead atoms. The van der Waals surface area contributed by atoms with Crippen LogP contribution in [0, 0.1) is 6.92 Å². The van der Waals surface area contributed by atoms with Crippen molar-refractivity contribution in [3.8, 4) is 17.3 Å². The number of aromatic nitrogens is 3. The van der Waals surface area contributed by atoms with E-state index in [0.717, 1.165) is 10.0 Å². The first-order valence-electron chi connectivity index (χ1n) is 7.53. The fraction of sp³-hybridized carbons (Fsp3) is 0.0556. The Morgan fingerprint density at radius 3 is 2.81 bits per heavy atom. The van der Waals surface area contributed by atoms with Crippen molar-refractivity contribution in [2.45, 2.75) is 6.92 Å². The zero-order valence-corrected chi connectivity index (χ0v) is 16.4. The summed E-state index contributed by atoms with van der Waals surface area (Å²) in [7, 11) is 0. The Balaban J connectivity index is 2.01. The lowest BCUT2D eigenvalue weighted by Gasteiger charge is -2.10. The first-order valence-corrected chi connectivity index (χ1v) is 9.08. The van der Waals surface area contributed by atoms with E-state index in [2.05, 4.69) is 25.9 Å². The van der Waals surface area contributed by atoms with Gasteiger partial charge in [-0.3, -0.25) is 4.98 Å². The molecule has 0 aliphatic rings. The number of pyridine rings is 1. The Morgan fingerprint density at radius 2 is 2.04 bits per heavy atom. The maximum Gasteiger partial charge on any atom is 0.347 e. The van der Waals surface area contributed by atoms with Crippen LogP contribution in [-0.2, 0) is 0 Å². The molecule has 0 radical (unpaired) electrons. The number of rotatable bonds is 2. The van der Waals surface area contributed by atoms with Gasteiger partial charge in [-0.25, -0.2) is 9.78 Å². The van der Waals surface area contributed by atoms with Gasteiger partial charge < -0.3 is 8.98 Å². The molecule has 0 amide bonds. The molecule has 26 heavy (non-hydrogen) atoms. The minimum atomic E-state index is -0.500. The second-order valence-corrected chi connectivity index (χ2v) is 7.43. The van der Waals surface area contributed by atoms with Gasteiger partial charge in [0, 0.05) is 28.1 Å². The molecule has 130 valence electrons. The summed E-state index contributed by atoms with van der Waals surface area (Å²) >= 11 is 15.8. The van der Waals surface area contributed by atoms with Crippen molar-refractivity contribution < 1.29 is 4.42 Å². The van der Waals surface area contributed by atoms with Crippen molar-refractivity contribution >= 4 is 50.0 Å². The van der Waals surface area contributed by atoms with Gasteiger partial charge in [0.05, 0.1) is 21.6 Å². The Kier molecular flexibility index (Phi) is 4.34. The molecule has 0 spiro atoms. The summed E-state index contributed by atoms with van der Waals surface area (Å²) in [6.45, 7) is 1.85. The van der Waals surface area contributed by atoms with Crippen LogP contribution in [-0.4, -0.2) is 14.5 Å². The van der Waals surface area contributed by atoms with Crippen LogP contribution in [0.25, 0.3) is 28.2 Å². The lowest BCUT2D eigenvalue weighted by Crippen LogP contribution is -2.06. The van der Waals surface area contributed by atoms with Gasteiger partial charge in [0.25, 0.3) is 0 Å². The van der Waals surface area contributed by atoms with Crippen molar-refractivity contribution in [1.82, 2.24) is 14.5 Å². The zero-order chi connectivity index (χ0) is 18.4. The summed E-state index contributed by atoms with van der Waals surface area (Å²) in [6.07, 6.45) is 5.00. The van der Waals surface area contributed by atoms with E-state index in [4.69, 9.17) is 27.6 Å². The Morgan fingerprint density at radius 1 is 1.23 bits per heavy atom. The van der Waals surface area contributed by atoms with E-state index in [1.165, 1.54) is 0 Å². The van der Waals surface area contributed by atoms with Gasteiger partial charge in [-0.1, -0.05) is 23.2 Å². The second-order valence-electron chi connectivity index (χ2n) is 5.67. The van der Waals surface area contributed by atoms with Gasteiger partial charge in [-0.2, -0.15) is 0 Å². The summed E-state index contributed by atoms with van der Waals surface area (Å²) < 4.78 is 8.05. The highest BCUT2D eigenvalue weighted by Gasteiger charge is 2.17. The molecule has 0 aliphatic carbocycles. The minimum Gasteiger partial charge on any atom is -0.401 e. The van der Waals surface area contributed by atoms with Crippen molar-refractivity contribution in [2.75, 3.05) is 0 Å². The molecule has 0 fully saturated rings. The first-order chi connectivity index (χ1) is 12.4. The van der Waals surface area contributed by atoms with Crippen LogP contribution in [0.15, 0.2) is 56.5 Å². The molecule has 0 saturated carbocycles. The van der Waals surface area contributed by atoms with Gasteiger partial charge in [0.2, 0.25) is 5.89 Å². The van der Waals surface area contributed by atoms with Gasteiger partial charge in [0.15, 0.2) is 0 Å². The van der Waals surface area contributed by atoms with Crippen LogP contribution >= 0.6 is 39.1 Å². The molecular formula is C18H10BrCl2N3O2. The monoisotopic (exact) mass is 449 g/mol. The lowest BCUT2D eigenvalue weighted by atomic mass is 10.1. The Labute approximate surface area is 166 Å². The third-order valence-corrected chi connectivity index (χ3v) is 4.85. The first kappa shape index (κ1) is 17.3. The molecule has 5 nitrogen and oxygen atoms in total. The highest BCUT2D eigenvalue weighted by Crippen LogP contribution is 2.31. The minimum absolute atomic E-state index is 0.187. The van der Waals surface area contributed by atoms with E-state index in [1.54, 1.807) is 41.2 Å². The van der Waals surface area contributed by atoms with E-state index in [9.17, 15) is 4.79 Å². The zero-order valence-electron chi connectivity index (χ0n) is 13.3. The SMILES string of the molecule is Cc1cc(Cl)cc2c(=O)oc(-c3cc(Br)cn3-c3ccncc3Cl)nc12. The van der Waals surface area contributed by atoms with E-state index < -0.39 is 5.63 Å². The largest absolute Gasteiger partial charge is 0.401 e. The van der Waals surface area contributed by atoms with Crippen LogP contribution in [0.4, 0.5) is 0 Å². The predicted octanol–water partition coefficient (Wildman–Crippen LogP) is 5.42. The van der Waals surface area contributed by atoms with Gasteiger partial charge in [0.1, 0.15) is 5.69 Å². The van der Waals surface area contributed by atoms with E-state index in [0.29, 0.717) is 32.3 Å². The number of hydrogen-bond acceptors (Lipinski definition) is 4. The van der Waals surface area contributed by atoms with Crippen molar-refractivity contribution in [2.24, 2.45) is 0 Å². The van der Waals surface area contributed by atoms with E-state index in [-0.39, 0.29) is 5.89 Å². The highest BCUT2D eigenvalue weighted by molar-refractivity contribution is 9.10. The molecule has 4 aromatic rings. The highest BCUT2D eigenvalue weighted by atomic mass is 79.9. The van der Waals surface area contributed by atoms with Crippen LogP contribution in [0.3, 0.4) is 0 Å². The molecule has 1 aromatic carbocycles. The number of aryl methyl sites for hydroxylation is 1. The predicted molar refractivity (Wildman–Crippen MR) is 105 cm³/mol. The van der Waals surface area contributed by atoms with Crippen LogP contribution in [0.1, 0.15) is 5.56 Å². The molecule has 0 aliphatic heterocycles. The van der Waals surface area contributed by atoms with E-state index in [1.807, 2.05) is 13.1 Å². The number of hydrogen-bond donors (Lipinski definition) is 0. The van der Waals surface area contributed by atoms with Crippen molar-refractivity contribution in [3.05, 3.63) is 73.4 Å². The summed E-state index contributed by atoms with van der Waals surface area (Å²) in [6, 6.07) is 6.89. The maximum atomic E-state index is 12.5. The topological polar surface area (TPSA) is 60.9 Å². The maximum absolute atomic E-state index is 12.5. The van der Waals surface area contributed by atoms with Crippen molar-refractivity contribution in [1.29, 1.82) is 0 Å². The van der Waals surface area contributed by atoms with Gasteiger partial charge in [-0.15, -0.1) is 0 Å². The number of halogens is 3. The summed E-state index contributed by atoms with van der Waals surface area (Å²) in [5.41, 5.74) is 2.12. The molecule has 3 aromatic heterocycles. The van der Waals surface area contributed by atoms with Crippen LogP contribution in [0.2, 0.25) is 10.0 Å². The molecular weight excluding hydrogens is 441 g/mol. The average Bonchev–Trinajstić information content (AvgIpc) is 2.97. The Hall–Kier alpha value is -2.15. The molecule has 0 N–H and O–H groups in total. The second kappa shape index (κ2) is 6.54. The van der Waals surface area contributed by atoms with Crippen LogP contribution in [0.5, 0.6) is 0 Å². The standard InChI is InChI=1S/C18H10BrCl2N3O2/c1-9-4-11(20)6-12-16(9)23-17(26-18(12)25)15-5-10(19)8-24(15)14-2-3-22-7-13(14)21/h2-8H,1H3. The lowest BCUT2D eigenvalue weighted by molar-refractivity contribution is 0.515. The summed E-state index contributed by atoms with van der Waals surface area (Å²) in [4.78, 5) is 21.0. The van der Waals surface area contributed by atoms with E-state index >= 15 is 0 Å². The molecule has 0 saturated heterocycles. The fourth-order valence-corrected chi connectivity index (χ4v) is 3.68. The number of benzene rings is 1. The third-order valence-electron chi connectivity index (χ3n) is 3.90. The number of fused-ring (bicyclic) bond motifs is 1. The summed E-state index contributed by atoms with van der Waals surface area (Å²) in [5.74, 6) is 0.187. The average molecular weight is 451 g/mol. The summed E-state index contributed by atoms with van der Waals surface area (Å²) in [5, 5.41) is 1.27. The molecule has 8 heteroatoms. The quantitative estimate of drug-likeness (QED) is 0.409. The smallest absolute Gasteiger partial charge is 0.347 e. The van der Waals surface area contributed by atoms with Crippen LogP contribution < -0.4 is 5.63 Å². The fourth-order valence-electron chi connectivity index (χ4n) is 2.77. The number of nitrogens with zero attached hydrogens (tertiary/aromatic N) is 3. The molecule has 0 atom stereocenters. The normalized spacial score (nSPS) is 11.2. The third kappa shape index (κ3) is 2.94. The molecule has 0 unspecified atom stereocenters.